The van der Waals surface area contributed by atoms with Gasteiger partial charge in [0.2, 0.25) is 5.91 Å². The first-order valence-electron chi connectivity index (χ1n) is 8.86. The molecule has 0 bridgehead atoms. The fraction of sp³-hybridized carbons (Fsp3) is 0.389. The molecule has 140 valence electrons. The van der Waals surface area contributed by atoms with E-state index < -0.39 is 0 Å². The van der Waals surface area contributed by atoms with Crippen molar-refractivity contribution in [1.29, 1.82) is 0 Å². The number of fused-ring (bicyclic) bond motifs is 1. The lowest BCUT2D eigenvalue weighted by molar-refractivity contribution is -0.114. The molecule has 1 aromatic carbocycles. The highest BCUT2D eigenvalue weighted by molar-refractivity contribution is 7.99. The van der Waals surface area contributed by atoms with E-state index in [9.17, 15) is 9.59 Å². The molecule has 4 rings (SSSR count). The third-order valence-corrected chi connectivity index (χ3v) is 5.52. The average Bonchev–Trinajstić information content (AvgIpc) is 3.32. The summed E-state index contributed by atoms with van der Waals surface area (Å²) in [7, 11) is 0. The summed E-state index contributed by atoms with van der Waals surface area (Å²) in [6.45, 7) is 1.67. The zero-order chi connectivity index (χ0) is 18.8. The quantitative estimate of drug-likeness (QED) is 0.532. The molecule has 9 heteroatoms. The van der Waals surface area contributed by atoms with E-state index in [4.69, 9.17) is 4.52 Å². The number of amides is 1. The first kappa shape index (κ1) is 17.7. The van der Waals surface area contributed by atoms with Crippen molar-refractivity contribution in [2.24, 2.45) is 0 Å². The Balaban J connectivity index is 1.60. The minimum Gasteiger partial charge on any atom is -0.315 e. The summed E-state index contributed by atoms with van der Waals surface area (Å²) < 4.78 is 6.66. The monoisotopic (exact) mass is 385 g/mol. The van der Waals surface area contributed by atoms with Gasteiger partial charge in [-0.25, -0.2) is 4.98 Å². The van der Waals surface area contributed by atoms with Gasteiger partial charge < -0.3 is 4.52 Å². The molecule has 1 aliphatic rings. The highest BCUT2D eigenvalue weighted by Crippen LogP contribution is 2.32. The highest BCUT2D eigenvalue weighted by atomic mass is 32.2. The molecule has 0 radical (unpaired) electrons. The second kappa shape index (κ2) is 7.51. The lowest BCUT2D eigenvalue weighted by Crippen LogP contribution is -2.27. The Morgan fingerprint density at radius 3 is 2.81 bits per heavy atom. The second-order valence-corrected chi connectivity index (χ2v) is 7.45. The molecule has 0 atom stereocenters. The van der Waals surface area contributed by atoms with E-state index in [1.807, 2.05) is 18.2 Å². The van der Waals surface area contributed by atoms with E-state index in [0.717, 1.165) is 25.7 Å². The zero-order valence-corrected chi connectivity index (χ0v) is 15.7. The number of nitrogens with zero attached hydrogens (tertiary/aromatic N) is 4. The van der Waals surface area contributed by atoms with Crippen molar-refractivity contribution in [3.05, 3.63) is 40.4 Å². The molecular weight excluding hydrogens is 366 g/mol. The SMILES string of the molecule is Cc1noc(NC(=O)CSc2nc3ccccc3c(=O)n2C2CCCC2)n1. The van der Waals surface area contributed by atoms with Gasteiger partial charge in [-0.15, -0.1) is 0 Å². The Hall–Kier alpha value is -2.68. The Kier molecular flexibility index (Phi) is 4.93. The number of benzene rings is 1. The fourth-order valence-corrected chi connectivity index (χ4v) is 4.21. The molecule has 1 saturated carbocycles. The molecule has 1 fully saturated rings. The van der Waals surface area contributed by atoms with Crippen LogP contribution in [0.4, 0.5) is 6.01 Å². The van der Waals surface area contributed by atoms with Gasteiger partial charge in [0.25, 0.3) is 5.56 Å². The van der Waals surface area contributed by atoms with Gasteiger partial charge in [0.15, 0.2) is 11.0 Å². The van der Waals surface area contributed by atoms with E-state index in [1.54, 1.807) is 17.6 Å². The first-order chi connectivity index (χ1) is 13.1. The van der Waals surface area contributed by atoms with Crippen LogP contribution in [0.2, 0.25) is 0 Å². The van der Waals surface area contributed by atoms with Crippen LogP contribution in [-0.2, 0) is 4.79 Å². The van der Waals surface area contributed by atoms with Crippen LogP contribution in [0.15, 0.2) is 38.7 Å². The number of thioether (sulfide) groups is 1. The molecule has 0 spiro atoms. The molecule has 3 aromatic rings. The van der Waals surface area contributed by atoms with Gasteiger partial charge in [-0.05, 0) is 31.9 Å². The summed E-state index contributed by atoms with van der Waals surface area (Å²) in [4.78, 5) is 33.9. The van der Waals surface area contributed by atoms with Gasteiger partial charge >= 0.3 is 6.01 Å². The number of hydrogen-bond donors (Lipinski definition) is 1. The van der Waals surface area contributed by atoms with Gasteiger partial charge in [-0.1, -0.05) is 41.9 Å². The van der Waals surface area contributed by atoms with E-state index in [2.05, 4.69) is 20.4 Å². The Morgan fingerprint density at radius 2 is 2.07 bits per heavy atom. The minimum absolute atomic E-state index is 0.0389. The van der Waals surface area contributed by atoms with Crippen molar-refractivity contribution in [1.82, 2.24) is 19.7 Å². The molecule has 0 unspecified atom stereocenters. The number of anilines is 1. The van der Waals surface area contributed by atoms with Gasteiger partial charge in [-0.3, -0.25) is 19.5 Å². The van der Waals surface area contributed by atoms with Crippen molar-refractivity contribution in [2.75, 3.05) is 11.1 Å². The summed E-state index contributed by atoms with van der Waals surface area (Å²) in [5.41, 5.74) is 0.607. The molecule has 0 aliphatic heterocycles. The molecule has 1 aliphatic carbocycles. The Bertz CT molecular complexity index is 1040. The van der Waals surface area contributed by atoms with Gasteiger partial charge in [-0.2, -0.15) is 4.98 Å². The van der Waals surface area contributed by atoms with Crippen molar-refractivity contribution in [3.63, 3.8) is 0 Å². The number of rotatable bonds is 5. The Labute approximate surface area is 159 Å². The van der Waals surface area contributed by atoms with Gasteiger partial charge in [0.05, 0.1) is 16.7 Å². The number of nitrogens with one attached hydrogen (secondary N) is 1. The topological polar surface area (TPSA) is 103 Å². The van der Waals surface area contributed by atoms with Crippen LogP contribution in [0.5, 0.6) is 0 Å². The van der Waals surface area contributed by atoms with E-state index in [0.29, 0.717) is 21.9 Å². The maximum Gasteiger partial charge on any atom is 0.328 e. The van der Waals surface area contributed by atoms with Crippen molar-refractivity contribution in [2.45, 2.75) is 43.8 Å². The molecule has 2 heterocycles. The molecule has 1 N–H and O–H groups in total. The van der Waals surface area contributed by atoms with Crippen LogP contribution < -0.4 is 10.9 Å². The van der Waals surface area contributed by atoms with Crippen molar-refractivity contribution in [3.8, 4) is 0 Å². The predicted molar refractivity (Wildman–Crippen MR) is 102 cm³/mol. The smallest absolute Gasteiger partial charge is 0.315 e. The van der Waals surface area contributed by atoms with Gasteiger partial charge in [0, 0.05) is 6.04 Å². The lowest BCUT2D eigenvalue weighted by atomic mass is 10.2. The van der Waals surface area contributed by atoms with Crippen LogP contribution in [-0.4, -0.2) is 31.4 Å². The largest absolute Gasteiger partial charge is 0.328 e. The van der Waals surface area contributed by atoms with Crippen molar-refractivity contribution >= 4 is 34.6 Å². The van der Waals surface area contributed by atoms with Crippen LogP contribution in [0.3, 0.4) is 0 Å². The summed E-state index contributed by atoms with van der Waals surface area (Å²) in [5.74, 6) is 0.257. The highest BCUT2D eigenvalue weighted by Gasteiger charge is 2.23. The maximum atomic E-state index is 13.1. The maximum absolute atomic E-state index is 13.1. The second-order valence-electron chi connectivity index (χ2n) is 6.51. The number of carbonyl (C=O) groups excluding carboxylic acids is 1. The fourth-order valence-electron chi connectivity index (χ4n) is 3.35. The van der Waals surface area contributed by atoms with Crippen LogP contribution >= 0.6 is 11.8 Å². The first-order valence-corrected chi connectivity index (χ1v) is 9.84. The van der Waals surface area contributed by atoms with Gasteiger partial charge in [0.1, 0.15) is 0 Å². The summed E-state index contributed by atoms with van der Waals surface area (Å²) >= 11 is 1.25. The molecule has 1 amide bonds. The van der Waals surface area contributed by atoms with E-state index in [-0.39, 0.29) is 29.3 Å². The summed E-state index contributed by atoms with van der Waals surface area (Å²) in [6, 6.07) is 7.53. The third-order valence-electron chi connectivity index (χ3n) is 4.57. The standard InChI is InChI=1S/C18H19N5O3S/c1-11-19-17(26-22-11)21-15(24)10-27-18-20-14-9-5-4-8-13(14)16(25)23(18)12-6-2-3-7-12/h4-5,8-9,12H,2-3,6-7,10H2,1H3,(H,19,21,22,24). The normalized spacial score (nSPS) is 14.7. The van der Waals surface area contributed by atoms with Crippen LogP contribution in [0, 0.1) is 6.92 Å². The number of carbonyl (C=O) groups is 1. The summed E-state index contributed by atoms with van der Waals surface area (Å²) in [6.07, 6.45) is 4.12. The number of aromatic nitrogens is 4. The number of hydrogen-bond acceptors (Lipinski definition) is 7. The van der Waals surface area contributed by atoms with Crippen LogP contribution in [0.25, 0.3) is 10.9 Å². The minimum atomic E-state index is -0.288. The van der Waals surface area contributed by atoms with E-state index >= 15 is 0 Å². The predicted octanol–water partition coefficient (Wildman–Crippen LogP) is 2.93. The summed E-state index contributed by atoms with van der Waals surface area (Å²) in [5, 5.41) is 7.38. The average molecular weight is 385 g/mol. The lowest BCUT2D eigenvalue weighted by Gasteiger charge is -2.18. The Morgan fingerprint density at radius 1 is 1.30 bits per heavy atom. The number of para-hydroxylation sites is 1. The number of aryl methyl sites for hydroxylation is 1. The molecule has 8 nitrogen and oxygen atoms in total. The van der Waals surface area contributed by atoms with Crippen LogP contribution in [0.1, 0.15) is 37.5 Å². The van der Waals surface area contributed by atoms with E-state index in [1.165, 1.54) is 11.8 Å². The third kappa shape index (κ3) is 3.73. The zero-order valence-electron chi connectivity index (χ0n) is 14.8. The van der Waals surface area contributed by atoms with Crippen molar-refractivity contribution < 1.29 is 9.32 Å². The molecule has 0 saturated heterocycles. The molecular formula is C18H19N5O3S. The molecule has 2 aromatic heterocycles. The molecule has 27 heavy (non-hydrogen) atoms.